The largest absolute Gasteiger partial charge is 0.296 e. The van der Waals surface area contributed by atoms with Gasteiger partial charge < -0.3 is 0 Å². The second-order valence-electron chi connectivity index (χ2n) is 6.88. The van der Waals surface area contributed by atoms with Crippen molar-refractivity contribution in [1.29, 1.82) is 0 Å². The van der Waals surface area contributed by atoms with E-state index < -0.39 is 15.9 Å². The van der Waals surface area contributed by atoms with E-state index in [-0.39, 0.29) is 10.7 Å². The van der Waals surface area contributed by atoms with Gasteiger partial charge in [-0.25, -0.2) is 12.8 Å². The standard InChI is InChI=1S/C20H19FN4O3S3/c21-16-7-3-14(4-8-16)13-29-20-24-23-19(30-20)22-18(26)15-5-9-17(10-6-15)31(27,28)25-11-1-2-12-25/h3-10H,1-2,11-13H2,(H,22,23,26). The van der Waals surface area contributed by atoms with E-state index in [1.165, 1.54) is 63.8 Å². The van der Waals surface area contributed by atoms with Crippen molar-refractivity contribution in [3.63, 3.8) is 0 Å². The van der Waals surface area contributed by atoms with Crippen LogP contribution in [-0.2, 0) is 15.8 Å². The van der Waals surface area contributed by atoms with Crippen molar-refractivity contribution < 1.29 is 17.6 Å². The number of aromatic nitrogens is 2. The molecule has 7 nitrogen and oxygen atoms in total. The fourth-order valence-corrected chi connectivity index (χ4v) is 6.29. The molecule has 0 radical (unpaired) electrons. The molecule has 1 amide bonds. The molecule has 3 aromatic rings. The molecule has 1 aliphatic heterocycles. The number of rotatable bonds is 7. The van der Waals surface area contributed by atoms with E-state index in [1.54, 1.807) is 12.1 Å². The maximum Gasteiger partial charge on any atom is 0.257 e. The summed E-state index contributed by atoms with van der Waals surface area (Å²) in [6, 6.07) is 12.1. The first kappa shape index (κ1) is 21.9. The number of halogens is 1. The predicted molar refractivity (Wildman–Crippen MR) is 118 cm³/mol. The molecular weight excluding hydrogens is 459 g/mol. The van der Waals surface area contributed by atoms with Gasteiger partial charge in [0.25, 0.3) is 5.91 Å². The minimum absolute atomic E-state index is 0.182. The first-order valence-electron chi connectivity index (χ1n) is 9.54. The molecule has 0 spiro atoms. The van der Waals surface area contributed by atoms with E-state index in [2.05, 4.69) is 15.5 Å². The number of nitrogens with one attached hydrogen (secondary N) is 1. The normalized spacial score (nSPS) is 14.6. The molecule has 1 fully saturated rings. The Hall–Kier alpha value is -2.34. The summed E-state index contributed by atoms with van der Waals surface area (Å²) in [5.74, 6) is -0.0665. The summed E-state index contributed by atoms with van der Waals surface area (Å²) in [7, 11) is -3.51. The third-order valence-corrected chi connectivity index (χ3v) is 8.68. The van der Waals surface area contributed by atoms with E-state index >= 15 is 0 Å². The minimum Gasteiger partial charge on any atom is -0.296 e. The van der Waals surface area contributed by atoms with Crippen LogP contribution in [0.3, 0.4) is 0 Å². The minimum atomic E-state index is -3.51. The number of hydrogen-bond donors (Lipinski definition) is 1. The molecule has 0 bridgehead atoms. The van der Waals surface area contributed by atoms with Crippen LogP contribution in [0.1, 0.15) is 28.8 Å². The number of anilines is 1. The van der Waals surface area contributed by atoms with Crippen molar-refractivity contribution in [3.8, 4) is 0 Å². The monoisotopic (exact) mass is 478 g/mol. The van der Waals surface area contributed by atoms with Crippen LogP contribution in [0.4, 0.5) is 9.52 Å². The van der Waals surface area contributed by atoms with Gasteiger partial charge in [0.15, 0.2) is 4.34 Å². The number of hydrogen-bond acceptors (Lipinski definition) is 7. The fourth-order valence-electron chi connectivity index (χ4n) is 3.07. The average molecular weight is 479 g/mol. The lowest BCUT2D eigenvalue weighted by atomic mass is 10.2. The van der Waals surface area contributed by atoms with Gasteiger partial charge in [0.2, 0.25) is 15.2 Å². The quantitative estimate of drug-likeness (QED) is 0.408. The van der Waals surface area contributed by atoms with E-state index in [1.807, 2.05) is 0 Å². The van der Waals surface area contributed by atoms with E-state index in [0.29, 0.717) is 33.9 Å². The summed E-state index contributed by atoms with van der Waals surface area (Å²) in [5.41, 5.74) is 1.28. The zero-order valence-corrected chi connectivity index (χ0v) is 18.8. The lowest BCUT2D eigenvalue weighted by Crippen LogP contribution is -2.27. The number of nitrogens with zero attached hydrogens (tertiary/aromatic N) is 3. The fraction of sp³-hybridized carbons (Fsp3) is 0.250. The van der Waals surface area contributed by atoms with Crippen LogP contribution in [0.2, 0.25) is 0 Å². The first-order chi connectivity index (χ1) is 14.9. The number of amides is 1. The second kappa shape index (κ2) is 9.43. The highest BCUT2D eigenvalue weighted by atomic mass is 32.2. The maximum absolute atomic E-state index is 13.0. The van der Waals surface area contributed by atoms with Gasteiger partial charge >= 0.3 is 0 Å². The number of thioether (sulfide) groups is 1. The van der Waals surface area contributed by atoms with E-state index in [4.69, 9.17) is 0 Å². The van der Waals surface area contributed by atoms with Crippen LogP contribution < -0.4 is 5.32 Å². The van der Waals surface area contributed by atoms with Crippen LogP contribution in [0.15, 0.2) is 57.8 Å². The van der Waals surface area contributed by atoms with Crippen LogP contribution >= 0.6 is 23.1 Å². The third-order valence-electron chi connectivity index (χ3n) is 4.72. The zero-order valence-electron chi connectivity index (χ0n) is 16.3. The van der Waals surface area contributed by atoms with Crippen molar-refractivity contribution in [3.05, 3.63) is 65.5 Å². The molecule has 4 rings (SSSR count). The Morgan fingerprint density at radius 3 is 2.42 bits per heavy atom. The van der Waals surface area contributed by atoms with E-state index in [0.717, 1.165) is 18.4 Å². The summed E-state index contributed by atoms with van der Waals surface area (Å²) in [6.45, 7) is 1.06. The van der Waals surface area contributed by atoms with Gasteiger partial charge in [-0.2, -0.15) is 4.31 Å². The van der Waals surface area contributed by atoms with Gasteiger partial charge in [0.1, 0.15) is 5.82 Å². The van der Waals surface area contributed by atoms with Gasteiger partial charge in [-0.3, -0.25) is 10.1 Å². The lowest BCUT2D eigenvalue weighted by Gasteiger charge is -2.15. The highest BCUT2D eigenvalue weighted by Gasteiger charge is 2.27. The maximum atomic E-state index is 13.0. The Kier molecular flexibility index (Phi) is 6.65. The van der Waals surface area contributed by atoms with Gasteiger partial charge in [0, 0.05) is 24.4 Å². The van der Waals surface area contributed by atoms with Crippen molar-refractivity contribution in [2.45, 2.75) is 27.8 Å². The third kappa shape index (κ3) is 5.29. The van der Waals surface area contributed by atoms with Crippen molar-refractivity contribution in [2.75, 3.05) is 18.4 Å². The van der Waals surface area contributed by atoms with Crippen LogP contribution in [0, 0.1) is 5.82 Å². The number of carbonyl (C=O) groups excluding carboxylic acids is 1. The molecule has 1 aliphatic rings. The van der Waals surface area contributed by atoms with Crippen LogP contribution in [0.25, 0.3) is 0 Å². The number of benzene rings is 2. The van der Waals surface area contributed by atoms with Crippen molar-refractivity contribution in [2.24, 2.45) is 0 Å². The molecule has 1 N–H and O–H groups in total. The summed E-state index contributed by atoms with van der Waals surface area (Å²) >= 11 is 2.67. The van der Waals surface area contributed by atoms with E-state index in [9.17, 15) is 17.6 Å². The summed E-state index contributed by atoms with van der Waals surface area (Å²) in [6.07, 6.45) is 1.73. The zero-order chi connectivity index (χ0) is 21.8. The molecular formula is C20H19FN4O3S3. The highest BCUT2D eigenvalue weighted by Crippen LogP contribution is 2.29. The smallest absolute Gasteiger partial charge is 0.257 e. The SMILES string of the molecule is O=C(Nc1nnc(SCc2ccc(F)cc2)s1)c1ccc(S(=O)(=O)N2CCCC2)cc1. The lowest BCUT2D eigenvalue weighted by molar-refractivity contribution is 0.102. The molecule has 162 valence electrons. The highest BCUT2D eigenvalue weighted by molar-refractivity contribution is 8.00. The Balaban J connectivity index is 1.35. The van der Waals surface area contributed by atoms with Gasteiger partial charge in [-0.05, 0) is 54.8 Å². The van der Waals surface area contributed by atoms with Gasteiger partial charge in [-0.1, -0.05) is 35.2 Å². The van der Waals surface area contributed by atoms with Crippen LogP contribution in [0.5, 0.6) is 0 Å². The molecule has 1 aromatic heterocycles. The van der Waals surface area contributed by atoms with Crippen LogP contribution in [-0.4, -0.2) is 41.9 Å². The summed E-state index contributed by atoms with van der Waals surface area (Å²) < 4.78 is 40.3. The molecule has 11 heteroatoms. The van der Waals surface area contributed by atoms with Gasteiger partial charge in [0.05, 0.1) is 4.90 Å². The average Bonchev–Trinajstić information content (AvgIpc) is 3.46. The molecule has 0 saturated carbocycles. The Morgan fingerprint density at radius 1 is 1.06 bits per heavy atom. The second-order valence-corrected chi connectivity index (χ2v) is 11.0. The number of carbonyl (C=O) groups is 1. The predicted octanol–water partition coefficient (Wildman–Crippen LogP) is 4.01. The molecule has 31 heavy (non-hydrogen) atoms. The first-order valence-corrected chi connectivity index (χ1v) is 12.8. The Bertz CT molecular complexity index is 1160. The molecule has 0 aliphatic carbocycles. The number of sulfonamides is 1. The molecule has 2 aromatic carbocycles. The topological polar surface area (TPSA) is 92.3 Å². The molecule has 2 heterocycles. The Morgan fingerprint density at radius 2 is 1.74 bits per heavy atom. The van der Waals surface area contributed by atoms with Crippen molar-refractivity contribution in [1.82, 2.24) is 14.5 Å². The van der Waals surface area contributed by atoms with Gasteiger partial charge in [-0.15, -0.1) is 10.2 Å². The molecule has 0 unspecified atom stereocenters. The molecule has 0 atom stereocenters. The van der Waals surface area contributed by atoms with Crippen molar-refractivity contribution >= 4 is 44.2 Å². The summed E-state index contributed by atoms with van der Waals surface area (Å²) in [4.78, 5) is 12.7. The Labute approximate surface area is 187 Å². The summed E-state index contributed by atoms with van der Waals surface area (Å²) in [5, 5.41) is 11.0. The molecule has 1 saturated heterocycles.